The van der Waals surface area contributed by atoms with Gasteiger partial charge >= 0.3 is 0 Å². The summed E-state index contributed by atoms with van der Waals surface area (Å²) in [5.41, 5.74) is 5.95. The SMILES string of the molecule is Cn1ccc2ccc(-c3cccc(Cn4c(=O)cnc5cnccc54)c3)cc21. The normalized spacial score (nSPS) is 11.3. The zero-order chi connectivity index (χ0) is 19.1. The van der Waals surface area contributed by atoms with E-state index in [4.69, 9.17) is 0 Å². The zero-order valence-corrected chi connectivity index (χ0v) is 15.4. The highest BCUT2D eigenvalue weighted by atomic mass is 16.1. The van der Waals surface area contributed by atoms with Crippen LogP contribution in [-0.4, -0.2) is 19.1 Å². The van der Waals surface area contributed by atoms with Crippen LogP contribution in [0.2, 0.25) is 0 Å². The minimum Gasteiger partial charge on any atom is -0.351 e. The average Bonchev–Trinajstić information content (AvgIpc) is 3.11. The molecule has 0 saturated heterocycles. The van der Waals surface area contributed by atoms with Gasteiger partial charge in [-0.15, -0.1) is 0 Å². The number of pyridine rings is 1. The molecule has 5 aromatic rings. The summed E-state index contributed by atoms with van der Waals surface area (Å²) < 4.78 is 3.86. The molecular formula is C23H18N4O. The van der Waals surface area contributed by atoms with Gasteiger partial charge in [-0.1, -0.05) is 30.3 Å². The molecule has 2 aromatic carbocycles. The van der Waals surface area contributed by atoms with Crippen molar-refractivity contribution < 1.29 is 0 Å². The minimum absolute atomic E-state index is 0.116. The topological polar surface area (TPSA) is 52.7 Å². The number of benzene rings is 2. The first-order valence-electron chi connectivity index (χ1n) is 9.13. The van der Waals surface area contributed by atoms with Crippen molar-refractivity contribution in [3.05, 3.63) is 95.3 Å². The van der Waals surface area contributed by atoms with Crippen LogP contribution in [0, 0.1) is 0 Å². The van der Waals surface area contributed by atoms with Crippen LogP contribution in [0.1, 0.15) is 5.56 Å². The molecule has 0 bridgehead atoms. The van der Waals surface area contributed by atoms with Crippen LogP contribution in [0.4, 0.5) is 0 Å². The lowest BCUT2D eigenvalue weighted by molar-refractivity contribution is 0.786. The number of aryl methyl sites for hydroxylation is 1. The van der Waals surface area contributed by atoms with Crippen LogP contribution in [0.25, 0.3) is 33.1 Å². The van der Waals surface area contributed by atoms with Gasteiger partial charge in [0, 0.05) is 25.0 Å². The van der Waals surface area contributed by atoms with Crippen LogP contribution in [-0.2, 0) is 13.6 Å². The third-order valence-electron chi connectivity index (χ3n) is 5.14. The Kier molecular flexibility index (Phi) is 3.79. The second-order valence-corrected chi connectivity index (χ2v) is 6.95. The Balaban J connectivity index is 1.57. The van der Waals surface area contributed by atoms with Crippen molar-refractivity contribution in [1.82, 2.24) is 19.1 Å². The molecule has 0 aliphatic carbocycles. The number of rotatable bonds is 3. The van der Waals surface area contributed by atoms with Crippen molar-refractivity contribution in [1.29, 1.82) is 0 Å². The molecule has 0 amide bonds. The smallest absolute Gasteiger partial charge is 0.269 e. The van der Waals surface area contributed by atoms with E-state index in [2.05, 4.69) is 64.2 Å². The first kappa shape index (κ1) is 16.4. The van der Waals surface area contributed by atoms with E-state index in [1.807, 2.05) is 18.2 Å². The van der Waals surface area contributed by atoms with Crippen molar-refractivity contribution >= 4 is 21.9 Å². The van der Waals surface area contributed by atoms with E-state index >= 15 is 0 Å². The maximum atomic E-state index is 12.4. The molecule has 0 unspecified atom stereocenters. The van der Waals surface area contributed by atoms with Crippen molar-refractivity contribution in [2.45, 2.75) is 6.54 Å². The van der Waals surface area contributed by atoms with Gasteiger partial charge in [0.05, 0.1) is 24.5 Å². The standard InChI is InChI=1S/C23H18N4O/c1-26-10-8-17-5-6-19(12-22(17)26)18-4-2-3-16(11-18)15-27-21-7-9-24-13-20(21)25-14-23(27)28/h2-14H,15H2,1H3. The fourth-order valence-electron chi connectivity index (χ4n) is 3.66. The van der Waals surface area contributed by atoms with E-state index in [-0.39, 0.29) is 5.56 Å². The third kappa shape index (κ3) is 2.77. The molecule has 0 radical (unpaired) electrons. The first-order valence-corrected chi connectivity index (χ1v) is 9.13. The van der Waals surface area contributed by atoms with E-state index in [0.29, 0.717) is 12.1 Å². The lowest BCUT2D eigenvalue weighted by Crippen LogP contribution is -2.21. The summed E-state index contributed by atoms with van der Waals surface area (Å²) in [6, 6.07) is 18.8. The predicted octanol–water partition coefficient (Wildman–Crippen LogP) is 4.00. The molecule has 0 fully saturated rings. The van der Waals surface area contributed by atoms with Crippen LogP contribution in [0.5, 0.6) is 0 Å². The highest BCUT2D eigenvalue weighted by molar-refractivity contribution is 5.85. The Hall–Kier alpha value is -3.73. The molecule has 0 atom stereocenters. The van der Waals surface area contributed by atoms with Gasteiger partial charge in [0.25, 0.3) is 5.56 Å². The van der Waals surface area contributed by atoms with Gasteiger partial charge in [0.15, 0.2) is 0 Å². The van der Waals surface area contributed by atoms with Gasteiger partial charge in [-0.3, -0.25) is 9.78 Å². The molecule has 0 aliphatic rings. The predicted molar refractivity (Wildman–Crippen MR) is 111 cm³/mol. The zero-order valence-electron chi connectivity index (χ0n) is 15.4. The Bertz CT molecular complexity index is 1380. The summed E-state index contributed by atoms with van der Waals surface area (Å²) in [5.74, 6) is 0. The number of fused-ring (bicyclic) bond motifs is 2. The van der Waals surface area contributed by atoms with Gasteiger partial charge in [-0.25, -0.2) is 4.98 Å². The third-order valence-corrected chi connectivity index (χ3v) is 5.14. The fourth-order valence-corrected chi connectivity index (χ4v) is 3.66. The summed E-state index contributed by atoms with van der Waals surface area (Å²) >= 11 is 0. The summed E-state index contributed by atoms with van der Waals surface area (Å²) in [6.45, 7) is 0.488. The highest BCUT2D eigenvalue weighted by Crippen LogP contribution is 2.26. The van der Waals surface area contributed by atoms with Crippen molar-refractivity contribution in [2.75, 3.05) is 0 Å². The molecule has 5 heteroatoms. The monoisotopic (exact) mass is 366 g/mol. The second-order valence-electron chi connectivity index (χ2n) is 6.95. The summed E-state index contributed by atoms with van der Waals surface area (Å²) in [6.07, 6.45) is 6.79. The van der Waals surface area contributed by atoms with Gasteiger partial charge in [-0.2, -0.15) is 0 Å². The number of hydrogen-bond donors (Lipinski definition) is 0. The minimum atomic E-state index is -0.116. The Labute approximate surface area is 161 Å². The molecular weight excluding hydrogens is 348 g/mol. The number of nitrogens with zero attached hydrogens (tertiary/aromatic N) is 4. The van der Waals surface area contributed by atoms with E-state index in [1.54, 1.807) is 17.0 Å². The molecule has 3 heterocycles. The Morgan fingerprint density at radius 2 is 1.82 bits per heavy atom. The molecule has 0 aliphatic heterocycles. The van der Waals surface area contributed by atoms with E-state index in [0.717, 1.165) is 22.2 Å². The molecule has 0 saturated carbocycles. The van der Waals surface area contributed by atoms with Crippen molar-refractivity contribution in [2.24, 2.45) is 7.05 Å². The van der Waals surface area contributed by atoms with Crippen LogP contribution in [0.15, 0.2) is 84.2 Å². The molecule has 0 N–H and O–H groups in total. The van der Waals surface area contributed by atoms with E-state index in [1.165, 1.54) is 17.1 Å². The number of aromatic nitrogens is 4. The van der Waals surface area contributed by atoms with Crippen LogP contribution < -0.4 is 5.56 Å². The fraction of sp³-hybridized carbons (Fsp3) is 0.0870. The lowest BCUT2D eigenvalue weighted by Gasteiger charge is -2.11. The highest BCUT2D eigenvalue weighted by Gasteiger charge is 2.07. The summed E-state index contributed by atoms with van der Waals surface area (Å²) in [5, 5.41) is 1.23. The Morgan fingerprint density at radius 1 is 0.929 bits per heavy atom. The van der Waals surface area contributed by atoms with E-state index < -0.39 is 0 Å². The molecule has 28 heavy (non-hydrogen) atoms. The summed E-state index contributed by atoms with van der Waals surface area (Å²) in [4.78, 5) is 20.7. The van der Waals surface area contributed by atoms with Gasteiger partial charge in [-0.05, 0) is 46.3 Å². The lowest BCUT2D eigenvalue weighted by atomic mass is 10.0. The quantitative estimate of drug-likeness (QED) is 0.485. The van der Waals surface area contributed by atoms with Crippen molar-refractivity contribution in [3.63, 3.8) is 0 Å². The Morgan fingerprint density at radius 3 is 2.75 bits per heavy atom. The second kappa shape index (κ2) is 6.46. The first-order chi connectivity index (χ1) is 13.7. The number of hydrogen-bond acceptors (Lipinski definition) is 3. The van der Waals surface area contributed by atoms with Crippen LogP contribution >= 0.6 is 0 Å². The van der Waals surface area contributed by atoms with Gasteiger partial charge < -0.3 is 9.13 Å². The van der Waals surface area contributed by atoms with Crippen LogP contribution in [0.3, 0.4) is 0 Å². The maximum absolute atomic E-state index is 12.4. The summed E-state index contributed by atoms with van der Waals surface area (Å²) in [7, 11) is 2.05. The largest absolute Gasteiger partial charge is 0.351 e. The molecule has 5 nitrogen and oxygen atoms in total. The van der Waals surface area contributed by atoms with E-state index in [9.17, 15) is 4.79 Å². The van der Waals surface area contributed by atoms with Crippen molar-refractivity contribution in [3.8, 4) is 11.1 Å². The average molecular weight is 366 g/mol. The molecule has 5 rings (SSSR count). The van der Waals surface area contributed by atoms with Gasteiger partial charge in [0.2, 0.25) is 0 Å². The molecule has 3 aromatic heterocycles. The maximum Gasteiger partial charge on any atom is 0.269 e. The molecule has 0 spiro atoms. The molecule has 136 valence electrons. The van der Waals surface area contributed by atoms with Gasteiger partial charge in [0.1, 0.15) is 5.52 Å².